The smallest absolute Gasteiger partial charge is 0.189 e. The van der Waals surface area contributed by atoms with Gasteiger partial charge in [0.05, 0.1) is 7.11 Å². The van der Waals surface area contributed by atoms with E-state index >= 15 is 0 Å². The van der Waals surface area contributed by atoms with Crippen LogP contribution in [0.15, 0.2) is 52.5 Å². The second-order valence-electron chi connectivity index (χ2n) is 5.04. The molecule has 0 heterocycles. The second kappa shape index (κ2) is 5.86. The Bertz CT molecular complexity index is 732. The molecule has 3 heteroatoms. The molecule has 0 aromatic heterocycles. The lowest BCUT2D eigenvalue weighted by Crippen LogP contribution is -2.14. The number of ether oxygens (including phenoxy) is 1. The van der Waals surface area contributed by atoms with Crippen molar-refractivity contribution < 1.29 is 9.53 Å². The molecule has 2 aromatic rings. The summed E-state index contributed by atoms with van der Waals surface area (Å²) in [5.41, 5.74) is 3.75. The predicted molar refractivity (Wildman–Crippen MR) is 87.8 cm³/mol. The Labute approximate surface area is 132 Å². The Morgan fingerprint density at radius 1 is 1.14 bits per heavy atom. The van der Waals surface area contributed by atoms with Gasteiger partial charge in [0.15, 0.2) is 5.78 Å². The molecule has 106 valence electrons. The van der Waals surface area contributed by atoms with Crippen LogP contribution in [0.5, 0.6) is 5.75 Å². The first kappa shape index (κ1) is 14.1. The van der Waals surface area contributed by atoms with E-state index in [0.717, 1.165) is 45.3 Å². The standard InChI is InChI=1S/C18H15BrO2/c1-21-15-9-8-12-6-7-14(18(20)16(12)11-15)10-13-4-2-3-5-17(13)19/h2-5,8-11H,6-7H2,1H3/b14-10-. The lowest BCUT2D eigenvalue weighted by Gasteiger charge is -2.18. The van der Waals surface area contributed by atoms with E-state index in [1.165, 1.54) is 0 Å². The fraction of sp³-hybridized carbons (Fsp3) is 0.167. The number of methoxy groups -OCH3 is 1. The van der Waals surface area contributed by atoms with Crippen molar-refractivity contribution in [3.63, 3.8) is 0 Å². The molecule has 0 fully saturated rings. The van der Waals surface area contributed by atoms with Crippen LogP contribution < -0.4 is 4.74 Å². The van der Waals surface area contributed by atoms with E-state index in [9.17, 15) is 4.79 Å². The van der Waals surface area contributed by atoms with Gasteiger partial charge < -0.3 is 4.74 Å². The zero-order valence-corrected chi connectivity index (χ0v) is 13.3. The molecule has 0 spiro atoms. The highest BCUT2D eigenvalue weighted by Crippen LogP contribution is 2.30. The van der Waals surface area contributed by atoms with Crippen LogP contribution in [-0.4, -0.2) is 12.9 Å². The fourth-order valence-corrected chi connectivity index (χ4v) is 2.98. The number of hydrogen-bond acceptors (Lipinski definition) is 2. The number of rotatable bonds is 2. The van der Waals surface area contributed by atoms with E-state index < -0.39 is 0 Å². The molecule has 1 aliphatic carbocycles. The largest absolute Gasteiger partial charge is 0.497 e. The lowest BCUT2D eigenvalue weighted by atomic mass is 9.86. The monoisotopic (exact) mass is 342 g/mol. The minimum absolute atomic E-state index is 0.103. The highest BCUT2D eigenvalue weighted by Gasteiger charge is 2.22. The highest BCUT2D eigenvalue weighted by atomic mass is 79.9. The molecule has 3 rings (SSSR count). The summed E-state index contributed by atoms with van der Waals surface area (Å²) in [6.45, 7) is 0. The van der Waals surface area contributed by atoms with Gasteiger partial charge in [0.1, 0.15) is 5.75 Å². The molecule has 0 amide bonds. The summed E-state index contributed by atoms with van der Waals surface area (Å²) in [7, 11) is 1.62. The van der Waals surface area contributed by atoms with Crippen molar-refractivity contribution in [3.05, 3.63) is 69.2 Å². The summed E-state index contributed by atoms with van der Waals surface area (Å²) in [4.78, 5) is 12.7. The molecule has 2 aromatic carbocycles. The van der Waals surface area contributed by atoms with E-state index in [4.69, 9.17) is 4.74 Å². The molecule has 0 aliphatic heterocycles. The zero-order valence-electron chi connectivity index (χ0n) is 11.7. The molecule has 0 saturated heterocycles. The van der Waals surface area contributed by atoms with Crippen LogP contribution in [0.1, 0.15) is 27.9 Å². The van der Waals surface area contributed by atoms with E-state index in [-0.39, 0.29) is 5.78 Å². The van der Waals surface area contributed by atoms with E-state index in [1.807, 2.05) is 48.5 Å². The Hall–Kier alpha value is -1.87. The van der Waals surface area contributed by atoms with Gasteiger partial charge in [-0.1, -0.05) is 40.2 Å². The number of allylic oxidation sites excluding steroid dienone is 1. The van der Waals surface area contributed by atoms with Gasteiger partial charge in [-0.2, -0.15) is 0 Å². The third kappa shape index (κ3) is 2.79. The third-order valence-electron chi connectivity index (χ3n) is 3.75. The zero-order chi connectivity index (χ0) is 14.8. The van der Waals surface area contributed by atoms with Crippen molar-refractivity contribution in [1.29, 1.82) is 0 Å². The van der Waals surface area contributed by atoms with Crippen molar-refractivity contribution in [2.75, 3.05) is 7.11 Å². The SMILES string of the molecule is COc1ccc2c(c1)C(=O)/C(=C\c1ccccc1Br)CC2. The summed E-state index contributed by atoms with van der Waals surface area (Å²) in [6.07, 6.45) is 3.65. The third-order valence-corrected chi connectivity index (χ3v) is 4.47. The normalized spacial score (nSPS) is 15.9. The minimum Gasteiger partial charge on any atom is -0.497 e. The number of carbonyl (C=O) groups is 1. The summed E-state index contributed by atoms with van der Waals surface area (Å²) in [5, 5.41) is 0. The van der Waals surface area contributed by atoms with E-state index in [2.05, 4.69) is 15.9 Å². The van der Waals surface area contributed by atoms with Crippen molar-refractivity contribution in [2.24, 2.45) is 0 Å². The van der Waals surface area contributed by atoms with Crippen LogP contribution >= 0.6 is 15.9 Å². The molecule has 0 bridgehead atoms. The second-order valence-corrected chi connectivity index (χ2v) is 5.90. The average Bonchev–Trinajstić information content (AvgIpc) is 2.52. The molecule has 21 heavy (non-hydrogen) atoms. The van der Waals surface area contributed by atoms with Gasteiger partial charge in [-0.05, 0) is 48.2 Å². The molecular weight excluding hydrogens is 328 g/mol. The maximum Gasteiger partial charge on any atom is 0.189 e. The Morgan fingerprint density at radius 2 is 1.95 bits per heavy atom. The van der Waals surface area contributed by atoms with Gasteiger partial charge in [0.2, 0.25) is 0 Å². The minimum atomic E-state index is 0.103. The highest BCUT2D eigenvalue weighted by molar-refractivity contribution is 9.10. The number of hydrogen-bond donors (Lipinski definition) is 0. The number of halogens is 1. The van der Waals surface area contributed by atoms with Gasteiger partial charge in [-0.15, -0.1) is 0 Å². The van der Waals surface area contributed by atoms with Gasteiger partial charge in [-0.3, -0.25) is 4.79 Å². The van der Waals surface area contributed by atoms with E-state index in [1.54, 1.807) is 7.11 Å². The number of ketones is 1. The predicted octanol–water partition coefficient (Wildman–Crippen LogP) is 4.67. The molecule has 0 saturated carbocycles. The number of benzene rings is 2. The first-order chi connectivity index (χ1) is 10.2. The van der Waals surface area contributed by atoms with Gasteiger partial charge in [0, 0.05) is 15.6 Å². The van der Waals surface area contributed by atoms with Crippen LogP contribution in [-0.2, 0) is 6.42 Å². The van der Waals surface area contributed by atoms with Gasteiger partial charge in [0.25, 0.3) is 0 Å². The van der Waals surface area contributed by atoms with E-state index in [0.29, 0.717) is 0 Å². The van der Waals surface area contributed by atoms with Crippen molar-refractivity contribution in [2.45, 2.75) is 12.8 Å². The van der Waals surface area contributed by atoms with Crippen LogP contribution in [0.4, 0.5) is 0 Å². The molecule has 2 nitrogen and oxygen atoms in total. The van der Waals surface area contributed by atoms with Gasteiger partial charge in [-0.25, -0.2) is 0 Å². The quantitative estimate of drug-likeness (QED) is 0.741. The first-order valence-corrected chi connectivity index (χ1v) is 7.65. The van der Waals surface area contributed by atoms with Crippen LogP contribution in [0.3, 0.4) is 0 Å². The fourth-order valence-electron chi connectivity index (χ4n) is 2.59. The Morgan fingerprint density at radius 3 is 2.71 bits per heavy atom. The Kier molecular flexibility index (Phi) is 3.93. The Balaban J connectivity index is 2.00. The number of Topliss-reactive ketones (excluding diaryl/α,β-unsaturated/α-hetero) is 1. The first-order valence-electron chi connectivity index (χ1n) is 6.86. The molecule has 1 aliphatic rings. The molecule has 0 unspecified atom stereocenters. The molecule has 0 radical (unpaired) electrons. The van der Waals surface area contributed by atoms with Gasteiger partial charge >= 0.3 is 0 Å². The molecular formula is C18H15BrO2. The van der Waals surface area contributed by atoms with Crippen molar-refractivity contribution >= 4 is 27.8 Å². The average molecular weight is 343 g/mol. The molecule has 0 N–H and O–H groups in total. The summed E-state index contributed by atoms with van der Waals surface area (Å²) < 4.78 is 6.22. The number of fused-ring (bicyclic) bond motifs is 1. The van der Waals surface area contributed by atoms with Crippen molar-refractivity contribution in [3.8, 4) is 5.75 Å². The summed E-state index contributed by atoms with van der Waals surface area (Å²) in [6, 6.07) is 13.7. The topological polar surface area (TPSA) is 26.3 Å². The number of aryl methyl sites for hydroxylation is 1. The van der Waals surface area contributed by atoms with Crippen molar-refractivity contribution in [1.82, 2.24) is 0 Å². The maximum atomic E-state index is 12.7. The van der Waals surface area contributed by atoms with Crippen LogP contribution in [0.25, 0.3) is 6.08 Å². The lowest BCUT2D eigenvalue weighted by molar-refractivity contribution is 0.102. The number of carbonyl (C=O) groups excluding carboxylic acids is 1. The summed E-state index contributed by atoms with van der Waals surface area (Å²) >= 11 is 3.52. The molecule has 0 atom stereocenters. The summed E-state index contributed by atoms with van der Waals surface area (Å²) in [5.74, 6) is 0.829. The van der Waals surface area contributed by atoms with Crippen LogP contribution in [0, 0.1) is 0 Å². The van der Waals surface area contributed by atoms with Crippen LogP contribution in [0.2, 0.25) is 0 Å². The maximum absolute atomic E-state index is 12.7.